The van der Waals surface area contributed by atoms with Crippen molar-refractivity contribution in [1.82, 2.24) is 20.5 Å². The molecule has 0 radical (unpaired) electrons. The summed E-state index contributed by atoms with van der Waals surface area (Å²) in [5, 5.41) is 6.07. The van der Waals surface area contributed by atoms with E-state index in [1.165, 1.54) is 9.75 Å². The van der Waals surface area contributed by atoms with E-state index < -0.39 is 10.2 Å². The normalized spacial score (nSPS) is 15.3. The van der Waals surface area contributed by atoms with Crippen molar-refractivity contribution in [3.8, 4) is 0 Å². The zero-order valence-corrected chi connectivity index (χ0v) is 18.8. The highest BCUT2D eigenvalue weighted by Gasteiger charge is 2.23. The topological polar surface area (TPSA) is 99.0 Å². The second-order valence-corrected chi connectivity index (χ2v) is 10.2. The molecule has 29 heavy (non-hydrogen) atoms. The third-order valence-corrected chi connectivity index (χ3v) is 6.86. The maximum atomic E-state index is 11.7. The number of thiophene rings is 1. The van der Waals surface area contributed by atoms with Gasteiger partial charge >= 0.3 is 10.2 Å². The molecule has 0 aliphatic carbocycles. The van der Waals surface area contributed by atoms with E-state index in [9.17, 15) is 8.42 Å². The SMILES string of the molecule is CN(C)Cc1ccc(CSCCNC2=NS(=O)(=O)N=C2NCc2ccccn2)s1. The molecule has 0 spiro atoms. The van der Waals surface area contributed by atoms with Crippen LogP contribution in [0.4, 0.5) is 0 Å². The molecule has 3 rings (SSSR count). The van der Waals surface area contributed by atoms with Crippen LogP contribution in [0.5, 0.6) is 0 Å². The van der Waals surface area contributed by atoms with Crippen LogP contribution in [0.15, 0.2) is 45.3 Å². The van der Waals surface area contributed by atoms with E-state index in [0.717, 1.165) is 23.7 Å². The molecule has 0 bridgehead atoms. The maximum Gasteiger partial charge on any atom is 0.367 e. The Kier molecular flexibility index (Phi) is 7.64. The summed E-state index contributed by atoms with van der Waals surface area (Å²) < 4.78 is 30.8. The summed E-state index contributed by atoms with van der Waals surface area (Å²) in [5.74, 6) is 2.25. The highest BCUT2D eigenvalue weighted by Crippen LogP contribution is 2.22. The van der Waals surface area contributed by atoms with Crippen LogP contribution in [0.25, 0.3) is 0 Å². The van der Waals surface area contributed by atoms with E-state index >= 15 is 0 Å². The highest BCUT2D eigenvalue weighted by molar-refractivity contribution is 7.98. The van der Waals surface area contributed by atoms with Crippen molar-refractivity contribution < 1.29 is 8.42 Å². The Morgan fingerprint density at radius 3 is 2.55 bits per heavy atom. The van der Waals surface area contributed by atoms with Gasteiger partial charge < -0.3 is 15.5 Å². The lowest BCUT2D eigenvalue weighted by atomic mass is 10.3. The molecule has 3 heterocycles. The first-order chi connectivity index (χ1) is 13.9. The summed E-state index contributed by atoms with van der Waals surface area (Å²) in [6.07, 6.45) is 1.69. The molecular weight excluding hydrogens is 428 g/mol. The van der Waals surface area contributed by atoms with Crippen molar-refractivity contribution in [3.63, 3.8) is 0 Å². The Morgan fingerprint density at radius 1 is 1.07 bits per heavy atom. The molecule has 2 aromatic heterocycles. The Bertz CT molecular complexity index is 970. The summed E-state index contributed by atoms with van der Waals surface area (Å²) in [5.41, 5.74) is 0.791. The van der Waals surface area contributed by atoms with Gasteiger partial charge in [0.2, 0.25) is 0 Å². The minimum Gasteiger partial charge on any atom is -0.365 e. The first-order valence-electron chi connectivity index (χ1n) is 9.04. The molecular formula is C18H24N6O2S3. The van der Waals surface area contributed by atoms with E-state index in [4.69, 9.17) is 0 Å². The van der Waals surface area contributed by atoms with Crippen molar-refractivity contribution in [2.75, 3.05) is 26.4 Å². The predicted octanol–water partition coefficient (Wildman–Crippen LogP) is 1.87. The molecule has 1 aliphatic heterocycles. The van der Waals surface area contributed by atoms with Gasteiger partial charge in [-0.3, -0.25) is 4.98 Å². The molecule has 0 amide bonds. The average molecular weight is 453 g/mol. The van der Waals surface area contributed by atoms with Crippen LogP contribution in [-0.4, -0.2) is 56.4 Å². The van der Waals surface area contributed by atoms with Crippen LogP contribution in [0.2, 0.25) is 0 Å². The minimum absolute atomic E-state index is 0.229. The number of thioether (sulfide) groups is 1. The molecule has 0 aromatic carbocycles. The lowest BCUT2D eigenvalue weighted by molar-refractivity contribution is 0.406. The molecule has 1 aliphatic rings. The zero-order valence-electron chi connectivity index (χ0n) is 16.3. The van der Waals surface area contributed by atoms with Gasteiger partial charge in [-0.05, 0) is 38.4 Å². The van der Waals surface area contributed by atoms with E-state index in [1.54, 1.807) is 18.0 Å². The van der Waals surface area contributed by atoms with E-state index in [2.05, 4.69) is 55.5 Å². The lowest BCUT2D eigenvalue weighted by Crippen LogP contribution is -2.39. The third-order valence-electron chi connectivity index (χ3n) is 3.77. The van der Waals surface area contributed by atoms with Gasteiger partial charge in [0.15, 0.2) is 11.7 Å². The van der Waals surface area contributed by atoms with Crippen LogP contribution in [0.1, 0.15) is 15.4 Å². The summed E-state index contributed by atoms with van der Waals surface area (Å²) in [4.78, 5) is 9.05. The van der Waals surface area contributed by atoms with Crippen LogP contribution < -0.4 is 10.6 Å². The van der Waals surface area contributed by atoms with E-state index in [0.29, 0.717) is 13.1 Å². The van der Waals surface area contributed by atoms with Crippen molar-refractivity contribution in [3.05, 3.63) is 52.0 Å². The monoisotopic (exact) mass is 452 g/mol. The largest absolute Gasteiger partial charge is 0.367 e. The van der Waals surface area contributed by atoms with Crippen LogP contribution in [0, 0.1) is 0 Å². The first-order valence-corrected chi connectivity index (χ1v) is 12.4. The number of hydrogen-bond acceptors (Lipinski definition) is 8. The summed E-state index contributed by atoms with van der Waals surface area (Å²) in [6, 6.07) is 9.90. The summed E-state index contributed by atoms with van der Waals surface area (Å²) in [7, 11) is 0.307. The Balaban J connectivity index is 1.43. The van der Waals surface area contributed by atoms with E-state index in [-0.39, 0.29) is 11.7 Å². The van der Waals surface area contributed by atoms with Crippen molar-refractivity contribution in [2.45, 2.75) is 18.8 Å². The van der Waals surface area contributed by atoms with Crippen molar-refractivity contribution in [1.29, 1.82) is 0 Å². The van der Waals surface area contributed by atoms with Gasteiger partial charge in [0.25, 0.3) is 0 Å². The average Bonchev–Trinajstić information content (AvgIpc) is 3.23. The predicted molar refractivity (Wildman–Crippen MR) is 121 cm³/mol. The Labute approximate surface area is 179 Å². The quantitative estimate of drug-likeness (QED) is 0.561. The number of hydrogen-bond donors (Lipinski definition) is 2. The lowest BCUT2D eigenvalue weighted by Gasteiger charge is -2.09. The van der Waals surface area contributed by atoms with Crippen molar-refractivity contribution >= 4 is 45.0 Å². The Morgan fingerprint density at radius 2 is 1.83 bits per heavy atom. The van der Waals surface area contributed by atoms with Crippen LogP contribution in [-0.2, 0) is 29.1 Å². The number of nitrogens with zero attached hydrogens (tertiary/aromatic N) is 4. The van der Waals surface area contributed by atoms with Gasteiger partial charge in [0.05, 0.1) is 12.2 Å². The smallest absolute Gasteiger partial charge is 0.365 e. The fourth-order valence-electron chi connectivity index (χ4n) is 2.56. The van der Waals surface area contributed by atoms with Gasteiger partial charge in [0, 0.05) is 40.5 Å². The molecule has 0 atom stereocenters. The fraction of sp³-hybridized carbons (Fsp3) is 0.389. The molecule has 156 valence electrons. The second-order valence-electron chi connectivity index (χ2n) is 6.59. The molecule has 0 saturated carbocycles. The Hall–Kier alpha value is -1.95. The maximum absolute atomic E-state index is 11.7. The third kappa shape index (κ3) is 7.11. The zero-order chi connectivity index (χ0) is 20.7. The summed E-state index contributed by atoms with van der Waals surface area (Å²) >= 11 is 3.62. The minimum atomic E-state index is -3.82. The number of pyridine rings is 1. The van der Waals surface area contributed by atoms with Gasteiger partial charge in [0.1, 0.15) is 0 Å². The standard InChI is InChI=1S/C18H24N6O2S3/c1-24(2)12-15-6-7-16(28-15)13-27-10-9-20-17-18(23-29(25,26)22-17)21-11-14-5-3-4-8-19-14/h3-8H,9-13H2,1-2H3,(H,20,22)(H,21,23). The molecule has 8 nitrogen and oxygen atoms in total. The molecule has 0 unspecified atom stereocenters. The fourth-order valence-corrected chi connectivity index (χ4v) is 5.47. The highest BCUT2D eigenvalue weighted by atomic mass is 32.2. The first kappa shape index (κ1) is 21.8. The van der Waals surface area contributed by atoms with Crippen molar-refractivity contribution in [2.24, 2.45) is 8.80 Å². The van der Waals surface area contributed by atoms with Crippen LogP contribution >= 0.6 is 23.1 Å². The van der Waals surface area contributed by atoms with Crippen LogP contribution in [0.3, 0.4) is 0 Å². The van der Waals surface area contributed by atoms with Gasteiger partial charge in [-0.1, -0.05) is 6.07 Å². The summed E-state index contributed by atoms with van der Waals surface area (Å²) in [6.45, 7) is 1.93. The van der Waals surface area contributed by atoms with Gasteiger partial charge in [-0.15, -0.1) is 20.1 Å². The van der Waals surface area contributed by atoms with Gasteiger partial charge in [-0.2, -0.15) is 20.2 Å². The van der Waals surface area contributed by atoms with E-state index in [1.807, 2.05) is 29.5 Å². The number of aromatic nitrogens is 1. The number of amidine groups is 2. The molecule has 0 saturated heterocycles. The molecule has 11 heteroatoms. The second kappa shape index (κ2) is 10.2. The molecule has 2 N–H and O–H groups in total. The number of rotatable bonds is 9. The molecule has 0 fully saturated rings. The van der Waals surface area contributed by atoms with Gasteiger partial charge in [-0.25, -0.2) is 0 Å². The number of nitrogens with one attached hydrogen (secondary N) is 2. The molecule has 2 aromatic rings.